The first-order chi connectivity index (χ1) is 16.5. The molecule has 1 atom stereocenters. The molecule has 34 heavy (non-hydrogen) atoms. The molecule has 0 aliphatic heterocycles. The van der Waals surface area contributed by atoms with Crippen molar-refractivity contribution in [3.63, 3.8) is 0 Å². The van der Waals surface area contributed by atoms with Crippen molar-refractivity contribution in [3.8, 4) is 0 Å². The van der Waals surface area contributed by atoms with Gasteiger partial charge in [0.1, 0.15) is 6.54 Å². The van der Waals surface area contributed by atoms with Crippen LogP contribution in [0.2, 0.25) is 0 Å². The largest absolute Gasteiger partial charge is 0.281 e. The summed E-state index contributed by atoms with van der Waals surface area (Å²) in [5, 5.41) is 2.00. The molecule has 0 N–H and O–H groups in total. The Hall–Kier alpha value is -0.500. The first kappa shape index (κ1) is 31.5. The highest BCUT2D eigenvalue weighted by Gasteiger charge is 2.25. The van der Waals surface area contributed by atoms with Crippen molar-refractivity contribution in [2.45, 2.75) is 143 Å². The van der Waals surface area contributed by atoms with Gasteiger partial charge >= 0.3 is 0 Å². The molecular formula is C27H53N2O3S2+. The highest BCUT2D eigenvalue weighted by Crippen LogP contribution is 2.17. The lowest BCUT2D eigenvalue weighted by molar-refractivity contribution is -0.692. The second-order valence-corrected chi connectivity index (χ2v) is 12.4. The number of aryl methyl sites for hydroxylation is 1. The average Bonchev–Trinajstić information content (AvgIpc) is 3.34. The van der Waals surface area contributed by atoms with Crippen molar-refractivity contribution in [1.82, 2.24) is 4.47 Å². The fourth-order valence-electron chi connectivity index (χ4n) is 4.25. The van der Waals surface area contributed by atoms with E-state index in [1.165, 1.54) is 81.5 Å². The fraction of sp³-hybridized carbons (Fsp3) is 0.889. The monoisotopic (exact) mass is 517 g/mol. The fourth-order valence-corrected chi connectivity index (χ4v) is 6.29. The Morgan fingerprint density at radius 3 is 1.91 bits per heavy atom. The van der Waals surface area contributed by atoms with Crippen molar-refractivity contribution >= 4 is 21.4 Å². The third-order valence-corrected chi connectivity index (χ3v) is 8.78. The number of aromatic nitrogens is 1. The minimum Gasteiger partial charge on any atom is -0.281 e. The molecule has 0 saturated heterocycles. The molecule has 0 radical (unpaired) electrons. The van der Waals surface area contributed by atoms with Gasteiger partial charge in [0.25, 0.3) is 0 Å². The molecule has 5 nitrogen and oxygen atoms in total. The Bertz CT molecular complexity index is 665. The molecule has 1 unspecified atom stereocenters. The number of sulfonamides is 1. The van der Waals surface area contributed by atoms with Crippen LogP contribution in [0.3, 0.4) is 0 Å². The molecule has 200 valence electrons. The van der Waals surface area contributed by atoms with Crippen molar-refractivity contribution in [2.75, 3.05) is 12.3 Å². The van der Waals surface area contributed by atoms with Crippen LogP contribution in [0.15, 0.2) is 17.1 Å². The normalized spacial score (nSPS) is 13.1. The van der Waals surface area contributed by atoms with Gasteiger partial charge in [-0.1, -0.05) is 120 Å². The van der Waals surface area contributed by atoms with Crippen LogP contribution in [0.4, 0.5) is 0 Å². The number of hydrogen-bond donors (Lipinski definition) is 0. The minimum atomic E-state index is -3.40. The molecule has 0 aliphatic carbocycles. The summed E-state index contributed by atoms with van der Waals surface area (Å²) in [4.78, 5) is 6.04. The maximum Gasteiger partial charge on any atom is 0.236 e. The van der Waals surface area contributed by atoms with Crippen LogP contribution >= 0.6 is 11.3 Å². The van der Waals surface area contributed by atoms with Gasteiger partial charge in [-0.3, -0.25) is 4.84 Å². The number of hydrogen-bond acceptors (Lipinski definition) is 4. The highest BCUT2D eigenvalue weighted by molar-refractivity contribution is 7.88. The van der Waals surface area contributed by atoms with Gasteiger partial charge in [0.2, 0.25) is 15.5 Å². The third kappa shape index (κ3) is 15.5. The number of nitrogens with zero attached hydrogens (tertiary/aromatic N) is 2. The Labute approximate surface area is 215 Å². The summed E-state index contributed by atoms with van der Waals surface area (Å²) < 4.78 is 29.1. The molecule has 0 amide bonds. The molecule has 1 rings (SSSR count). The maximum atomic E-state index is 12.9. The van der Waals surface area contributed by atoms with Crippen LogP contribution < -0.4 is 4.57 Å². The van der Waals surface area contributed by atoms with Crippen LogP contribution in [0.1, 0.15) is 130 Å². The smallest absolute Gasteiger partial charge is 0.236 e. The Balaban J connectivity index is 2.18. The average molecular weight is 518 g/mol. The van der Waals surface area contributed by atoms with E-state index in [0.717, 1.165) is 32.2 Å². The van der Waals surface area contributed by atoms with Crippen LogP contribution in [0, 0.1) is 0 Å². The molecule has 0 aliphatic rings. The molecule has 0 spiro atoms. The molecule has 1 aromatic heterocycles. The molecule has 0 bridgehead atoms. The molecule has 7 heteroatoms. The zero-order valence-corrected chi connectivity index (χ0v) is 24.0. The summed E-state index contributed by atoms with van der Waals surface area (Å²) in [7, 11) is -3.40. The third-order valence-electron chi connectivity index (χ3n) is 6.41. The summed E-state index contributed by atoms with van der Waals surface area (Å²) in [6, 6.07) is 0. The zero-order valence-electron chi connectivity index (χ0n) is 22.4. The van der Waals surface area contributed by atoms with Crippen LogP contribution in [0.25, 0.3) is 0 Å². The first-order valence-corrected chi connectivity index (χ1v) is 16.7. The number of thiazole rings is 1. The van der Waals surface area contributed by atoms with E-state index in [0.29, 0.717) is 13.0 Å². The van der Waals surface area contributed by atoms with Gasteiger partial charge < -0.3 is 0 Å². The Kier molecular flexibility index (Phi) is 19.2. The molecule has 0 saturated carbocycles. The van der Waals surface area contributed by atoms with E-state index >= 15 is 0 Å². The summed E-state index contributed by atoms with van der Waals surface area (Å²) in [6.07, 6.45) is 22.6. The lowest BCUT2D eigenvalue weighted by Crippen LogP contribution is -2.39. The zero-order chi connectivity index (χ0) is 24.9. The number of unbranched alkanes of at least 4 members (excludes halogenated alkanes) is 12. The Morgan fingerprint density at radius 2 is 1.41 bits per heavy atom. The quantitative estimate of drug-likeness (QED) is 0.0803. The van der Waals surface area contributed by atoms with Gasteiger partial charge in [-0.05, 0) is 19.3 Å². The number of rotatable bonds is 24. The van der Waals surface area contributed by atoms with Gasteiger partial charge in [-0.2, -0.15) is 4.57 Å². The lowest BCUT2D eigenvalue weighted by Gasteiger charge is -2.26. The summed E-state index contributed by atoms with van der Waals surface area (Å²) in [6.45, 7) is 7.52. The maximum absolute atomic E-state index is 12.9. The van der Waals surface area contributed by atoms with E-state index in [-0.39, 0.29) is 11.9 Å². The van der Waals surface area contributed by atoms with Crippen LogP contribution in [0.5, 0.6) is 0 Å². The van der Waals surface area contributed by atoms with Crippen molar-refractivity contribution < 1.29 is 17.8 Å². The van der Waals surface area contributed by atoms with E-state index in [1.807, 2.05) is 28.6 Å². The summed E-state index contributed by atoms with van der Waals surface area (Å²) in [5.74, 6) is 0.130. The first-order valence-electron chi connectivity index (χ1n) is 14.1. The lowest BCUT2D eigenvalue weighted by atomic mass is 10.0. The van der Waals surface area contributed by atoms with Crippen molar-refractivity contribution in [3.05, 3.63) is 17.1 Å². The van der Waals surface area contributed by atoms with Crippen LogP contribution in [-0.2, 0) is 21.4 Å². The molecule has 0 aromatic carbocycles. The topological polar surface area (TPSA) is 50.5 Å². The van der Waals surface area contributed by atoms with E-state index in [1.54, 1.807) is 11.3 Å². The van der Waals surface area contributed by atoms with E-state index < -0.39 is 10.0 Å². The molecule has 1 heterocycles. The van der Waals surface area contributed by atoms with Gasteiger partial charge in [0.05, 0.1) is 17.2 Å². The number of hydroxylamine groups is 1. The predicted molar refractivity (Wildman–Crippen MR) is 145 cm³/mol. The SMILES string of the molecule is CCCCCCCCCCCCCCCC(CC)ON(CCC)S(=O)(=O)CCC[n+]1ccsc1. The predicted octanol–water partition coefficient (Wildman–Crippen LogP) is 7.66. The van der Waals surface area contributed by atoms with Crippen molar-refractivity contribution in [2.24, 2.45) is 0 Å². The van der Waals surface area contributed by atoms with Crippen LogP contribution in [-0.4, -0.2) is 31.3 Å². The van der Waals surface area contributed by atoms with Gasteiger partial charge in [0, 0.05) is 13.0 Å². The Morgan fingerprint density at radius 1 is 0.824 bits per heavy atom. The second kappa shape index (κ2) is 20.7. The van der Waals surface area contributed by atoms with Gasteiger partial charge in [-0.15, -0.1) is 0 Å². The minimum absolute atomic E-state index is 0.0136. The van der Waals surface area contributed by atoms with E-state index in [2.05, 4.69) is 13.8 Å². The standard InChI is InChI=1S/C27H53N2O3S2/c1-4-7-8-9-10-11-12-13-14-15-16-17-18-20-27(6-3)32-29(21-5-2)34(30,31)25-19-22-28-23-24-33-26-28/h23-24,26-27H,4-22,25H2,1-3H3/q+1. The molecular weight excluding hydrogens is 464 g/mol. The van der Waals surface area contributed by atoms with E-state index in [9.17, 15) is 8.42 Å². The van der Waals surface area contributed by atoms with Gasteiger partial charge in [0.15, 0.2) is 6.20 Å². The summed E-state index contributed by atoms with van der Waals surface area (Å²) in [5.41, 5.74) is 2.01. The molecule has 1 aromatic rings. The summed E-state index contributed by atoms with van der Waals surface area (Å²) >= 11 is 1.62. The van der Waals surface area contributed by atoms with Crippen molar-refractivity contribution in [1.29, 1.82) is 0 Å². The molecule has 0 fully saturated rings. The highest BCUT2D eigenvalue weighted by atomic mass is 32.2. The second-order valence-electron chi connectivity index (χ2n) is 9.63. The van der Waals surface area contributed by atoms with E-state index in [4.69, 9.17) is 4.84 Å². The van der Waals surface area contributed by atoms with Gasteiger partial charge in [-0.25, -0.2) is 8.42 Å².